The predicted molar refractivity (Wildman–Crippen MR) is 77.4 cm³/mol. The molecular weight excluding hydrogens is 322 g/mol. The van der Waals surface area contributed by atoms with Crippen molar-refractivity contribution in [2.75, 3.05) is 0 Å². The molecule has 20 heavy (non-hydrogen) atoms. The summed E-state index contributed by atoms with van der Waals surface area (Å²) in [6, 6.07) is 11.3. The van der Waals surface area contributed by atoms with Crippen molar-refractivity contribution in [1.82, 2.24) is 15.0 Å². The second kappa shape index (κ2) is 4.97. The van der Waals surface area contributed by atoms with Gasteiger partial charge in [0, 0.05) is 11.6 Å². The van der Waals surface area contributed by atoms with E-state index in [4.69, 9.17) is 5.11 Å². The SMILES string of the molecule is O=C(O)c1nc(-c2ccc3ccccc3n2)ncc1Br. The van der Waals surface area contributed by atoms with Crippen molar-refractivity contribution >= 4 is 32.8 Å². The van der Waals surface area contributed by atoms with Gasteiger partial charge in [0.2, 0.25) is 0 Å². The van der Waals surface area contributed by atoms with E-state index in [1.165, 1.54) is 6.20 Å². The lowest BCUT2D eigenvalue weighted by Gasteiger charge is -2.04. The van der Waals surface area contributed by atoms with Gasteiger partial charge in [-0.25, -0.2) is 19.7 Å². The van der Waals surface area contributed by atoms with Crippen molar-refractivity contribution in [3.8, 4) is 11.5 Å². The Hall–Kier alpha value is -2.34. The van der Waals surface area contributed by atoms with Gasteiger partial charge in [0.1, 0.15) is 5.69 Å². The van der Waals surface area contributed by atoms with Gasteiger partial charge in [-0.05, 0) is 28.1 Å². The zero-order valence-electron chi connectivity index (χ0n) is 10.1. The number of carboxylic acids is 1. The number of hydrogen-bond acceptors (Lipinski definition) is 4. The van der Waals surface area contributed by atoms with Crippen LogP contribution in [0.2, 0.25) is 0 Å². The molecule has 0 radical (unpaired) electrons. The zero-order valence-corrected chi connectivity index (χ0v) is 11.7. The minimum Gasteiger partial charge on any atom is -0.476 e. The van der Waals surface area contributed by atoms with Gasteiger partial charge in [-0.2, -0.15) is 0 Å². The minimum absolute atomic E-state index is 0.0787. The molecule has 98 valence electrons. The third-order valence-electron chi connectivity index (χ3n) is 2.77. The second-order valence-corrected chi connectivity index (χ2v) is 4.94. The lowest BCUT2D eigenvalue weighted by atomic mass is 10.2. The molecule has 2 heterocycles. The maximum absolute atomic E-state index is 11.1. The lowest BCUT2D eigenvalue weighted by Crippen LogP contribution is -2.04. The molecule has 0 saturated heterocycles. The van der Waals surface area contributed by atoms with E-state index in [0.29, 0.717) is 10.2 Å². The van der Waals surface area contributed by atoms with E-state index in [0.717, 1.165) is 10.9 Å². The van der Waals surface area contributed by atoms with Gasteiger partial charge in [-0.3, -0.25) is 0 Å². The Morgan fingerprint density at radius 1 is 1.10 bits per heavy atom. The Bertz CT molecular complexity index is 820. The van der Waals surface area contributed by atoms with Crippen molar-refractivity contribution in [2.45, 2.75) is 0 Å². The number of fused-ring (bicyclic) bond motifs is 1. The molecule has 3 aromatic rings. The first-order valence-corrected chi connectivity index (χ1v) is 6.56. The van der Waals surface area contributed by atoms with Gasteiger partial charge in [0.05, 0.1) is 9.99 Å². The van der Waals surface area contributed by atoms with Gasteiger partial charge in [0.15, 0.2) is 11.5 Å². The van der Waals surface area contributed by atoms with Gasteiger partial charge >= 0.3 is 5.97 Å². The molecule has 2 aromatic heterocycles. The molecular formula is C14H8BrN3O2. The van der Waals surface area contributed by atoms with Crippen molar-refractivity contribution in [1.29, 1.82) is 0 Å². The Kier molecular flexibility index (Phi) is 3.15. The average Bonchev–Trinajstić information content (AvgIpc) is 2.47. The second-order valence-electron chi connectivity index (χ2n) is 4.08. The molecule has 0 amide bonds. The molecule has 0 atom stereocenters. The first-order chi connectivity index (χ1) is 9.65. The number of nitrogens with zero attached hydrogens (tertiary/aromatic N) is 3. The third kappa shape index (κ3) is 2.25. The number of hydrogen-bond donors (Lipinski definition) is 1. The van der Waals surface area contributed by atoms with Crippen LogP contribution in [-0.4, -0.2) is 26.0 Å². The Labute approximate surface area is 122 Å². The predicted octanol–water partition coefficient (Wildman–Crippen LogP) is 3.15. The lowest BCUT2D eigenvalue weighted by molar-refractivity contribution is 0.0689. The van der Waals surface area contributed by atoms with Gasteiger partial charge < -0.3 is 5.11 Å². The molecule has 0 aliphatic carbocycles. The summed E-state index contributed by atoms with van der Waals surface area (Å²) in [5, 5.41) is 10.1. The number of carbonyl (C=O) groups is 1. The number of rotatable bonds is 2. The van der Waals surface area contributed by atoms with Crippen LogP contribution in [0.4, 0.5) is 0 Å². The maximum atomic E-state index is 11.1. The highest BCUT2D eigenvalue weighted by atomic mass is 79.9. The summed E-state index contributed by atoms with van der Waals surface area (Å²) in [6.07, 6.45) is 1.42. The van der Waals surface area contributed by atoms with Crippen molar-refractivity contribution in [2.24, 2.45) is 0 Å². The van der Waals surface area contributed by atoms with Crippen molar-refractivity contribution in [3.05, 3.63) is 52.8 Å². The monoisotopic (exact) mass is 329 g/mol. The molecule has 1 N–H and O–H groups in total. The summed E-state index contributed by atoms with van der Waals surface area (Å²) in [7, 11) is 0. The summed E-state index contributed by atoms with van der Waals surface area (Å²) >= 11 is 3.12. The molecule has 0 saturated carbocycles. The van der Waals surface area contributed by atoms with Crippen LogP contribution in [0.25, 0.3) is 22.4 Å². The van der Waals surface area contributed by atoms with Crippen LogP contribution in [0.1, 0.15) is 10.5 Å². The fraction of sp³-hybridized carbons (Fsp3) is 0. The zero-order chi connectivity index (χ0) is 14.1. The third-order valence-corrected chi connectivity index (χ3v) is 3.35. The summed E-state index contributed by atoms with van der Waals surface area (Å²) in [5.41, 5.74) is 1.28. The number of aromatic nitrogens is 3. The fourth-order valence-electron chi connectivity index (χ4n) is 1.83. The van der Waals surface area contributed by atoms with Crippen LogP contribution in [0.3, 0.4) is 0 Å². The summed E-state index contributed by atoms with van der Waals surface area (Å²) in [6.45, 7) is 0. The molecule has 6 heteroatoms. The number of para-hydroxylation sites is 1. The summed E-state index contributed by atoms with van der Waals surface area (Å²) < 4.78 is 0.342. The van der Waals surface area contributed by atoms with Gasteiger partial charge in [-0.1, -0.05) is 24.3 Å². The standard InChI is InChI=1S/C14H8BrN3O2/c15-9-7-16-13(18-12(9)14(19)20)11-6-5-8-3-1-2-4-10(8)17-11/h1-7H,(H,19,20). The highest BCUT2D eigenvalue weighted by Crippen LogP contribution is 2.20. The molecule has 5 nitrogen and oxygen atoms in total. The van der Waals surface area contributed by atoms with Crippen LogP contribution in [0, 0.1) is 0 Å². The van der Waals surface area contributed by atoms with E-state index in [-0.39, 0.29) is 11.5 Å². The van der Waals surface area contributed by atoms with E-state index >= 15 is 0 Å². The Balaban J connectivity index is 2.15. The molecule has 0 unspecified atom stereocenters. The number of aromatic carboxylic acids is 1. The Morgan fingerprint density at radius 2 is 1.90 bits per heavy atom. The molecule has 0 spiro atoms. The first-order valence-electron chi connectivity index (χ1n) is 5.77. The van der Waals surface area contributed by atoms with E-state index < -0.39 is 5.97 Å². The minimum atomic E-state index is -1.11. The number of benzene rings is 1. The van der Waals surface area contributed by atoms with Crippen molar-refractivity contribution in [3.63, 3.8) is 0 Å². The van der Waals surface area contributed by atoms with Crippen LogP contribution in [0.5, 0.6) is 0 Å². The van der Waals surface area contributed by atoms with Gasteiger partial charge in [0.25, 0.3) is 0 Å². The molecule has 1 aromatic carbocycles. The van der Waals surface area contributed by atoms with Crippen LogP contribution < -0.4 is 0 Å². The number of halogens is 1. The van der Waals surface area contributed by atoms with Crippen LogP contribution in [-0.2, 0) is 0 Å². The van der Waals surface area contributed by atoms with Gasteiger partial charge in [-0.15, -0.1) is 0 Å². The summed E-state index contributed by atoms with van der Waals surface area (Å²) in [4.78, 5) is 23.7. The number of carboxylic acid groups (broad SMARTS) is 1. The van der Waals surface area contributed by atoms with Crippen LogP contribution >= 0.6 is 15.9 Å². The molecule has 0 fully saturated rings. The summed E-state index contributed by atoms with van der Waals surface area (Å²) in [5.74, 6) is -0.822. The molecule has 0 aliphatic heterocycles. The highest BCUT2D eigenvalue weighted by Gasteiger charge is 2.13. The first kappa shape index (κ1) is 12.7. The molecule has 0 aliphatic rings. The topological polar surface area (TPSA) is 76.0 Å². The van der Waals surface area contributed by atoms with E-state index in [1.807, 2.05) is 30.3 Å². The quantitative estimate of drug-likeness (QED) is 0.781. The van der Waals surface area contributed by atoms with E-state index in [2.05, 4.69) is 30.9 Å². The van der Waals surface area contributed by atoms with E-state index in [1.54, 1.807) is 6.07 Å². The normalized spacial score (nSPS) is 10.7. The van der Waals surface area contributed by atoms with E-state index in [9.17, 15) is 4.79 Å². The largest absolute Gasteiger partial charge is 0.476 e. The number of pyridine rings is 1. The smallest absolute Gasteiger partial charge is 0.355 e. The average molecular weight is 330 g/mol. The maximum Gasteiger partial charge on any atom is 0.355 e. The molecule has 0 bridgehead atoms. The van der Waals surface area contributed by atoms with Crippen molar-refractivity contribution < 1.29 is 9.90 Å². The highest BCUT2D eigenvalue weighted by molar-refractivity contribution is 9.10. The van der Waals surface area contributed by atoms with Crippen LogP contribution in [0.15, 0.2) is 47.1 Å². The Morgan fingerprint density at radius 3 is 2.70 bits per heavy atom. The fourth-order valence-corrected chi connectivity index (χ4v) is 2.19. The molecule has 3 rings (SSSR count).